The van der Waals surface area contributed by atoms with E-state index < -0.39 is 0 Å². The zero-order chi connectivity index (χ0) is 14.5. The molecule has 0 spiro atoms. The number of aromatic nitrogens is 3. The number of hydrogen-bond donors (Lipinski definition) is 1. The van der Waals surface area contributed by atoms with Crippen LogP contribution >= 0.6 is 11.6 Å². The molecular weight excluding hydrogens is 274 g/mol. The van der Waals surface area contributed by atoms with Crippen LogP contribution in [0, 0.1) is 0 Å². The van der Waals surface area contributed by atoms with Crippen LogP contribution in [0.2, 0.25) is 5.28 Å². The van der Waals surface area contributed by atoms with E-state index in [0.717, 1.165) is 6.42 Å². The molecule has 0 aliphatic heterocycles. The van der Waals surface area contributed by atoms with E-state index in [1.807, 2.05) is 14.1 Å². The first-order valence-corrected chi connectivity index (χ1v) is 6.87. The summed E-state index contributed by atoms with van der Waals surface area (Å²) >= 11 is 5.89. The summed E-state index contributed by atoms with van der Waals surface area (Å²) in [5, 5.41) is 3.35. The van der Waals surface area contributed by atoms with E-state index in [1.54, 1.807) is 4.90 Å². The summed E-state index contributed by atoms with van der Waals surface area (Å²) in [5.41, 5.74) is 2.50. The average molecular weight is 292 g/mol. The largest absolute Gasteiger partial charge is 0.350 e. The van der Waals surface area contributed by atoms with Gasteiger partial charge in [0.1, 0.15) is 0 Å². The van der Waals surface area contributed by atoms with Gasteiger partial charge in [0.05, 0.1) is 0 Å². The van der Waals surface area contributed by atoms with Crippen molar-refractivity contribution >= 4 is 23.5 Å². The number of aryl methyl sites for hydroxylation is 1. The summed E-state index contributed by atoms with van der Waals surface area (Å²) in [4.78, 5) is 14.2. The quantitative estimate of drug-likeness (QED) is 0.918. The van der Waals surface area contributed by atoms with Crippen molar-refractivity contribution in [2.24, 2.45) is 0 Å². The summed E-state index contributed by atoms with van der Waals surface area (Å²) in [5.74, 6) is 1.02. The van der Waals surface area contributed by atoms with Crippen LogP contribution in [0.4, 0.5) is 11.9 Å². The monoisotopic (exact) mass is 291 g/mol. The predicted octanol–water partition coefficient (Wildman–Crippen LogP) is 2.77. The van der Waals surface area contributed by atoms with E-state index in [0.29, 0.717) is 18.4 Å². The fraction of sp³-hybridized carbons (Fsp3) is 0.357. The van der Waals surface area contributed by atoms with E-state index in [9.17, 15) is 0 Å². The minimum absolute atomic E-state index is 0.188. The van der Waals surface area contributed by atoms with E-state index in [1.165, 1.54) is 11.1 Å². The zero-order valence-corrected chi connectivity index (χ0v) is 12.6. The Morgan fingerprint density at radius 1 is 1.05 bits per heavy atom. The fourth-order valence-electron chi connectivity index (χ4n) is 1.69. The summed E-state index contributed by atoms with van der Waals surface area (Å²) in [6, 6.07) is 8.45. The van der Waals surface area contributed by atoms with Crippen LogP contribution in [0.15, 0.2) is 24.3 Å². The molecule has 5 nitrogen and oxygen atoms in total. The van der Waals surface area contributed by atoms with Gasteiger partial charge in [0, 0.05) is 20.6 Å². The molecular formula is C14H18ClN5. The number of benzene rings is 1. The number of nitrogens with zero attached hydrogens (tertiary/aromatic N) is 4. The lowest BCUT2D eigenvalue weighted by atomic mass is 10.1. The third-order valence-corrected chi connectivity index (χ3v) is 3.05. The summed E-state index contributed by atoms with van der Waals surface area (Å²) in [6.07, 6.45) is 1.04. The van der Waals surface area contributed by atoms with Gasteiger partial charge >= 0.3 is 0 Å². The Labute approximate surface area is 124 Å². The molecule has 0 amide bonds. The molecule has 6 heteroatoms. The minimum atomic E-state index is 0.188. The molecule has 20 heavy (non-hydrogen) atoms. The maximum atomic E-state index is 5.89. The van der Waals surface area contributed by atoms with Crippen LogP contribution in [0.5, 0.6) is 0 Å². The Hall–Kier alpha value is -1.88. The highest BCUT2D eigenvalue weighted by Gasteiger charge is 2.06. The normalized spacial score (nSPS) is 10.4. The van der Waals surface area contributed by atoms with E-state index in [2.05, 4.69) is 51.5 Å². The SMILES string of the molecule is CCc1ccc(CNc2nc(Cl)nc(N(C)C)n2)cc1. The number of hydrogen-bond acceptors (Lipinski definition) is 5. The lowest BCUT2D eigenvalue weighted by Gasteiger charge is -2.12. The minimum Gasteiger partial charge on any atom is -0.350 e. The molecule has 106 valence electrons. The van der Waals surface area contributed by atoms with Crippen LogP contribution < -0.4 is 10.2 Å². The highest BCUT2D eigenvalue weighted by atomic mass is 35.5. The molecule has 0 bridgehead atoms. The number of halogens is 1. The second-order valence-electron chi connectivity index (χ2n) is 4.65. The van der Waals surface area contributed by atoms with Gasteiger partial charge in [-0.2, -0.15) is 15.0 Å². The maximum Gasteiger partial charge on any atom is 0.230 e. The molecule has 0 saturated heterocycles. The Morgan fingerprint density at radius 2 is 1.70 bits per heavy atom. The molecule has 0 unspecified atom stereocenters. The van der Waals surface area contributed by atoms with E-state index in [-0.39, 0.29) is 5.28 Å². The van der Waals surface area contributed by atoms with Crippen molar-refractivity contribution in [3.8, 4) is 0 Å². The Bertz CT molecular complexity index is 568. The van der Waals surface area contributed by atoms with Gasteiger partial charge < -0.3 is 10.2 Å². The van der Waals surface area contributed by atoms with E-state index in [4.69, 9.17) is 11.6 Å². The van der Waals surface area contributed by atoms with Gasteiger partial charge in [0.15, 0.2) is 0 Å². The van der Waals surface area contributed by atoms with Gasteiger partial charge in [-0.15, -0.1) is 0 Å². The number of rotatable bonds is 5. The lowest BCUT2D eigenvalue weighted by Crippen LogP contribution is -2.15. The molecule has 1 heterocycles. The van der Waals surface area contributed by atoms with Crippen LogP contribution in [0.25, 0.3) is 0 Å². The zero-order valence-electron chi connectivity index (χ0n) is 11.9. The average Bonchev–Trinajstić information content (AvgIpc) is 2.45. The first-order chi connectivity index (χ1) is 9.58. The molecule has 0 saturated carbocycles. The highest BCUT2D eigenvalue weighted by molar-refractivity contribution is 6.28. The smallest absolute Gasteiger partial charge is 0.230 e. The third kappa shape index (κ3) is 3.81. The second kappa shape index (κ2) is 6.52. The maximum absolute atomic E-state index is 5.89. The van der Waals surface area contributed by atoms with Crippen LogP contribution in [0.1, 0.15) is 18.1 Å². The van der Waals surface area contributed by atoms with Crippen molar-refractivity contribution < 1.29 is 0 Å². The van der Waals surface area contributed by atoms with Gasteiger partial charge in [-0.25, -0.2) is 0 Å². The van der Waals surface area contributed by atoms with Crippen molar-refractivity contribution in [2.45, 2.75) is 19.9 Å². The summed E-state index contributed by atoms with van der Waals surface area (Å²) in [7, 11) is 3.72. The number of anilines is 2. The molecule has 2 aromatic rings. The van der Waals surface area contributed by atoms with Gasteiger partial charge in [-0.05, 0) is 29.1 Å². The van der Waals surface area contributed by atoms with Crippen molar-refractivity contribution in [1.29, 1.82) is 0 Å². The molecule has 0 radical (unpaired) electrons. The van der Waals surface area contributed by atoms with Crippen molar-refractivity contribution in [2.75, 3.05) is 24.3 Å². The second-order valence-corrected chi connectivity index (χ2v) is 4.98. The molecule has 1 N–H and O–H groups in total. The highest BCUT2D eigenvalue weighted by Crippen LogP contribution is 2.13. The lowest BCUT2D eigenvalue weighted by molar-refractivity contribution is 0.942. The Morgan fingerprint density at radius 3 is 2.30 bits per heavy atom. The first kappa shape index (κ1) is 14.5. The molecule has 0 aliphatic carbocycles. The Kier molecular flexibility index (Phi) is 4.74. The standard InChI is InChI=1S/C14H18ClN5/c1-4-10-5-7-11(8-6-10)9-16-13-17-12(15)18-14(19-13)20(2)3/h5-8H,4,9H2,1-3H3,(H,16,17,18,19). The van der Waals surface area contributed by atoms with Gasteiger partial charge in [-0.1, -0.05) is 31.2 Å². The molecule has 0 fully saturated rings. The molecule has 1 aromatic carbocycles. The Balaban J connectivity index is 2.06. The van der Waals surface area contributed by atoms with Gasteiger partial charge in [0.25, 0.3) is 0 Å². The third-order valence-electron chi connectivity index (χ3n) is 2.88. The van der Waals surface area contributed by atoms with Gasteiger partial charge in [0.2, 0.25) is 17.2 Å². The van der Waals surface area contributed by atoms with Crippen molar-refractivity contribution in [3.63, 3.8) is 0 Å². The molecule has 2 rings (SSSR count). The van der Waals surface area contributed by atoms with Crippen LogP contribution in [-0.4, -0.2) is 29.0 Å². The van der Waals surface area contributed by atoms with Crippen LogP contribution in [0.3, 0.4) is 0 Å². The number of nitrogens with one attached hydrogen (secondary N) is 1. The molecule has 0 aliphatic rings. The van der Waals surface area contributed by atoms with E-state index >= 15 is 0 Å². The van der Waals surface area contributed by atoms with Gasteiger partial charge in [-0.3, -0.25) is 0 Å². The molecule has 1 aromatic heterocycles. The summed E-state index contributed by atoms with van der Waals surface area (Å²) < 4.78 is 0. The summed E-state index contributed by atoms with van der Waals surface area (Å²) in [6.45, 7) is 2.79. The van der Waals surface area contributed by atoms with Crippen molar-refractivity contribution in [3.05, 3.63) is 40.7 Å². The van der Waals surface area contributed by atoms with Crippen molar-refractivity contribution in [1.82, 2.24) is 15.0 Å². The topological polar surface area (TPSA) is 53.9 Å². The molecule has 0 atom stereocenters. The predicted molar refractivity (Wildman–Crippen MR) is 82.3 cm³/mol. The fourth-order valence-corrected chi connectivity index (χ4v) is 1.85. The first-order valence-electron chi connectivity index (χ1n) is 6.49. The van der Waals surface area contributed by atoms with Crippen LogP contribution in [-0.2, 0) is 13.0 Å².